The first-order valence-corrected chi connectivity index (χ1v) is 10.1. The molecular weight excluding hydrogens is 384 g/mol. The van der Waals surface area contributed by atoms with Gasteiger partial charge in [-0.25, -0.2) is 0 Å². The maximum absolute atomic E-state index is 13.0. The van der Waals surface area contributed by atoms with Crippen LogP contribution in [0.25, 0.3) is 0 Å². The van der Waals surface area contributed by atoms with Crippen molar-refractivity contribution >= 4 is 28.7 Å². The summed E-state index contributed by atoms with van der Waals surface area (Å²) in [6, 6.07) is 15.6. The van der Waals surface area contributed by atoms with Crippen LogP contribution in [0.15, 0.2) is 59.8 Å². The van der Waals surface area contributed by atoms with Crippen LogP contribution in [0, 0.1) is 5.41 Å². The van der Waals surface area contributed by atoms with E-state index in [0.29, 0.717) is 23.5 Å². The molecule has 4 rings (SSSR count). The number of benzene rings is 2. The molecule has 0 fully saturated rings. The minimum absolute atomic E-state index is 0.0721. The molecule has 6 heteroatoms. The zero-order chi connectivity index (χ0) is 20.4. The minimum Gasteiger partial charge on any atom is -0.454 e. The van der Waals surface area contributed by atoms with E-state index in [2.05, 4.69) is 24.5 Å². The molecule has 29 heavy (non-hydrogen) atoms. The summed E-state index contributed by atoms with van der Waals surface area (Å²) in [6.07, 6.45) is 1.24. The fourth-order valence-corrected chi connectivity index (χ4v) is 4.06. The molecule has 0 saturated heterocycles. The molecule has 2 aromatic carbocycles. The standard InChI is InChI=1S/C23H24N2O3S/c1-23(2)11-17(24-13-15-8-9-19-20(10-15)28-14-27-19)21(18(26)12-23)22(29)25-16-6-4-3-5-7-16/h3-10,24H,11-14H2,1-2H3,(H,25,29). The fraction of sp³-hybridized carbons (Fsp3) is 0.304. The summed E-state index contributed by atoms with van der Waals surface area (Å²) >= 11 is 5.61. The number of nitrogens with one attached hydrogen (secondary N) is 2. The summed E-state index contributed by atoms with van der Waals surface area (Å²) in [5.41, 5.74) is 3.29. The molecule has 1 heterocycles. The summed E-state index contributed by atoms with van der Waals surface area (Å²) < 4.78 is 10.8. The molecule has 0 aromatic heterocycles. The molecule has 2 aromatic rings. The number of ketones is 1. The van der Waals surface area contributed by atoms with Crippen LogP contribution in [0.2, 0.25) is 0 Å². The second-order valence-electron chi connectivity index (χ2n) is 8.16. The van der Waals surface area contributed by atoms with Crippen LogP contribution in [-0.2, 0) is 11.3 Å². The Kier molecular flexibility index (Phi) is 5.28. The number of carbonyl (C=O) groups is 1. The SMILES string of the molecule is CC1(C)CC(=O)C(C(=S)Nc2ccccc2)=C(NCc2ccc3c(c2)OCO3)C1. The highest BCUT2D eigenvalue weighted by Gasteiger charge is 2.34. The normalized spacial score (nSPS) is 17.2. The van der Waals surface area contributed by atoms with E-state index >= 15 is 0 Å². The molecule has 0 unspecified atom stereocenters. The monoisotopic (exact) mass is 408 g/mol. The maximum Gasteiger partial charge on any atom is 0.231 e. The van der Waals surface area contributed by atoms with Crippen LogP contribution in [0.5, 0.6) is 11.5 Å². The maximum atomic E-state index is 13.0. The van der Waals surface area contributed by atoms with E-state index < -0.39 is 0 Å². The first kappa shape index (κ1) is 19.5. The third kappa shape index (κ3) is 4.43. The highest BCUT2D eigenvalue weighted by atomic mass is 32.1. The lowest BCUT2D eigenvalue weighted by Crippen LogP contribution is -2.35. The number of Topliss-reactive ketones (excluding diaryl/α,β-unsaturated/α-hetero) is 1. The number of carbonyl (C=O) groups excluding carboxylic acids is 1. The molecule has 0 spiro atoms. The molecule has 1 aliphatic heterocycles. The van der Waals surface area contributed by atoms with Gasteiger partial charge in [0.2, 0.25) is 6.79 Å². The first-order chi connectivity index (χ1) is 13.9. The third-order valence-electron chi connectivity index (χ3n) is 5.08. The Balaban J connectivity index is 1.57. The predicted molar refractivity (Wildman–Crippen MR) is 117 cm³/mol. The van der Waals surface area contributed by atoms with Gasteiger partial charge in [0, 0.05) is 24.4 Å². The summed E-state index contributed by atoms with van der Waals surface area (Å²) in [5.74, 6) is 1.58. The molecule has 1 aliphatic carbocycles. The molecule has 150 valence electrons. The number of thiocarbonyl (C=S) groups is 1. The summed E-state index contributed by atoms with van der Waals surface area (Å²) in [5, 5.41) is 6.67. The van der Waals surface area contributed by atoms with Gasteiger partial charge in [0.25, 0.3) is 0 Å². The summed E-state index contributed by atoms with van der Waals surface area (Å²) in [7, 11) is 0. The quantitative estimate of drug-likeness (QED) is 0.706. The van der Waals surface area contributed by atoms with Crippen LogP contribution in [0.4, 0.5) is 5.69 Å². The fourth-order valence-electron chi connectivity index (χ4n) is 3.71. The average Bonchev–Trinajstić information content (AvgIpc) is 3.13. The van der Waals surface area contributed by atoms with Crippen molar-refractivity contribution < 1.29 is 14.3 Å². The Labute approximate surface area is 176 Å². The average molecular weight is 409 g/mol. The van der Waals surface area contributed by atoms with Crippen molar-refractivity contribution in [2.75, 3.05) is 12.1 Å². The van der Waals surface area contributed by atoms with Gasteiger partial charge in [-0.05, 0) is 41.7 Å². The van der Waals surface area contributed by atoms with Gasteiger partial charge < -0.3 is 20.1 Å². The Hall–Kier alpha value is -2.86. The zero-order valence-electron chi connectivity index (χ0n) is 16.6. The number of hydrogen-bond acceptors (Lipinski definition) is 5. The van der Waals surface area contributed by atoms with E-state index in [1.54, 1.807) is 0 Å². The van der Waals surface area contributed by atoms with E-state index in [1.807, 2.05) is 48.5 Å². The van der Waals surface area contributed by atoms with Crippen molar-refractivity contribution in [3.8, 4) is 11.5 Å². The van der Waals surface area contributed by atoms with Crippen LogP contribution in [0.1, 0.15) is 32.3 Å². The molecule has 0 atom stereocenters. The van der Waals surface area contributed by atoms with Crippen molar-refractivity contribution in [2.24, 2.45) is 5.41 Å². The second-order valence-corrected chi connectivity index (χ2v) is 8.56. The first-order valence-electron chi connectivity index (χ1n) is 9.66. The van der Waals surface area contributed by atoms with Gasteiger partial charge in [-0.1, -0.05) is 50.3 Å². The van der Waals surface area contributed by atoms with Gasteiger partial charge in [0.1, 0.15) is 4.99 Å². The molecule has 5 nitrogen and oxygen atoms in total. The van der Waals surface area contributed by atoms with Crippen LogP contribution in [-0.4, -0.2) is 17.6 Å². The molecular formula is C23H24N2O3S. The number of anilines is 1. The Morgan fingerprint density at radius 1 is 1.07 bits per heavy atom. The zero-order valence-corrected chi connectivity index (χ0v) is 17.4. The number of para-hydroxylation sites is 1. The molecule has 2 aliphatic rings. The van der Waals surface area contributed by atoms with Crippen molar-refractivity contribution in [3.63, 3.8) is 0 Å². The van der Waals surface area contributed by atoms with Crippen LogP contribution < -0.4 is 20.1 Å². The predicted octanol–water partition coefficient (Wildman–Crippen LogP) is 4.59. The van der Waals surface area contributed by atoms with Crippen LogP contribution in [0.3, 0.4) is 0 Å². The number of hydrogen-bond donors (Lipinski definition) is 2. The van der Waals surface area contributed by atoms with Gasteiger partial charge >= 0.3 is 0 Å². The van der Waals surface area contributed by atoms with E-state index in [-0.39, 0.29) is 18.0 Å². The van der Waals surface area contributed by atoms with Crippen LogP contribution >= 0.6 is 12.2 Å². The number of rotatable bonds is 5. The van der Waals surface area contributed by atoms with Gasteiger partial charge in [-0.15, -0.1) is 0 Å². The van der Waals surface area contributed by atoms with Crippen molar-refractivity contribution in [2.45, 2.75) is 33.2 Å². The number of ether oxygens (including phenoxy) is 2. The Morgan fingerprint density at radius 3 is 2.62 bits per heavy atom. The Morgan fingerprint density at radius 2 is 1.83 bits per heavy atom. The number of allylic oxidation sites excluding steroid dienone is 1. The molecule has 0 amide bonds. The van der Waals surface area contributed by atoms with Crippen molar-refractivity contribution in [3.05, 3.63) is 65.4 Å². The van der Waals surface area contributed by atoms with Gasteiger partial charge in [-0.3, -0.25) is 4.79 Å². The second kappa shape index (κ2) is 7.87. The lowest BCUT2D eigenvalue weighted by atomic mass is 9.75. The molecule has 0 radical (unpaired) electrons. The van der Waals surface area contributed by atoms with E-state index in [1.165, 1.54) is 0 Å². The molecule has 0 saturated carbocycles. The smallest absolute Gasteiger partial charge is 0.231 e. The summed E-state index contributed by atoms with van der Waals surface area (Å²) in [6.45, 7) is 5.05. The Bertz CT molecular complexity index is 983. The largest absolute Gasteiger partial charge is 0.454 e. The van der Waals surface area contributed by atoms with Crippen molar-refractivity contribution in [1.82, 2.24) is 5.32 Å². The lowest BCUT2D eigenvalue weighted by Gasteiger charge is -2.33. The molecule has 2 N–H and O–H groups in total. The van der Waals surface area contributed by atoms with Gasteiger partial charge in [0.05, 0.1) is 5.57 Å². The lowest BCUT2D eigenvalue weighted by molar-refractivity contribution is -0.117. The number of fused-ring (bicyclic) bond motifs is 1. The van der Waals surface area contributed by atoms with Crippen molar-refractivity contribution in [1.29, 1.82) is 0 Å². The van der Waals surface area contributed by atoms with Gasteiger partial charge in [0.15, 0.2) is 17.3 Å². The van der Waals surface area contributed by atoms with E-state index in [9.17, 15) is 4.79 Å². The third-order valence-corrected chi connectivity index (χ3v) is 5.38. The highest BCUT2D eigenvalue weighted by Crippen LogP contribution is 2.37. The highest BCUT2D eigenvalue weighted by molar-refractivity contribution is 7.81. The summed E-state index contributed by atoms with van der Waals surface area (Å²) in [4.78, 5) is 13.4. The van der Waals surface area contributed by atoms with E-state index in [0.717, 1.165) is 34.9 Å². The topological polar surface area (TPSA) is 59.6 Å². The minimum atomic E-state index is -0.111. The molecule has 0 bridgehead atoms. The van der Waals surface area contributed by atoms with Gasteiger partial charge in [-0.2, -0.15) is 0 Å². The van der Waals surface area contributed by atoms with E-state index in [4.69, 9.17) is 21.7 Å².